The molecule has 1 aromatic rings. The molecule has 1 rings (SSSR count). The van der Waals surface area contributed by atoms with Gasteiger partial charge in [-0.1, -0.05) is 0 Å². The number of nitrogens with zero attached hydrogens (tertiary/aromatic N) is 2. The van der Waals surface area contributed by atoms with Gasteiger partial charge >= 0.3 is 6.18 Å². The Bertz CT molecular complexity index is 238. The van der Waals surface area contributed by atoms with E-state index in [9.17, 15) is 13.2 Å². The van der Waals surface area contributed by atoms with Crippen LogP contribution in [0.5, 0.6) is 0 Å². The Kier molecular flexibility index (Phi) is 1.89. The molecule has 0 unspecified atom stereocenters. The molecule has 0 spiro atoms. The zero-order valence-electron chi connectivity index (χ0n) is 5.60. The van der Waals surface area contributed by atoms with Crippen LogP contribution in [0.1, 0.15) is 5.69 Å². The van der Waals surface area contributed by atoms with Crippen molar-refractivity contribution in [2.24, 2.45) is 0 Å². The summed E-state index contributed by atoms with van der Waals surface area (Å²) in [5.41, 5.74) is 0.342. The first kappa shape index (κ1) is 8.10. The Morgan fingerprint density at radius 3 is 2.55 bits per heavy atom. The molecule has 1 radical (unpaired) electrons. The maximum absolute atomic E-state index is 11.7. The molecule has 0 aliphatic rings. The maximum Gasteiger partial charge on any atom is 0.408 e. The molecule has 1 heterocycles. The second kappa shape index (κ2) is 2.56. The van der Waals surface area contributed by atoms with Crippen molar-refractivity contribution in [1.82, 2.24) is 9.78 Å². The summed E-state index contributed by atoms with van der Waals surface area (Å²) in [4.78, 5) is 0. The van der Waals surface area contributed by atoms with Gasteiger partial charge in [0, 0.05) is 6.20 Å². The van der Waals surface area contributed by atoms with Gasteiger partial charge < -0.3 is 0 Å². The fraction of sp³-hybridized carbons (Fsp3) is 0.333. The lowest BCUT2D eigenvalue weighted by Gasteiger charge is -2.04. The van der Waals surface area contributed by atoms with Crippen molar-refractivity contribution in [3.63, 3.8) is 0 Å². The third-order valence-corrected chi connectivity index (χ3v) is 1.04. The lowest BCUT2D eigenvalue weighted by molar-refractivity contribution is -0.142. The fourth-order valence-corrected chi connectivity index (χ4v) is 0.675. The zero-order valence-corrected chi connectivity index (χ0v) is 5.60. The van der Waals surface area contributed by atoms with E-state index in [1.54, 1.807) is 0 Å². The molecule has 0 aromatic carbocycles. The topological polar surface area (TPSA) is 17.8 Å². The SMILES string of the molecule is [CH2]c1ccn(CC(F)(F)F)n1. The Morgan fingerprint density at radius 1 is 1.55 bits per heavy atom. The number of hydrogen-bond donors (Lipinski definition) is 0. The number of hydrogen-bond acceptors (Lipinski definition) is 1. The highest BCUT2D eigenvalue weighted by Gasteiger charge is 2.28. The van der Waals surface area contributed by atoms with E-state index < -0.39 is 12.7 Å². The molecule has 0 saturated carbocycles. The van der Waals surface area contributed by atoms with Crippen LogP contribution in [0.25, 0.3) is 0 Å². The Balaban J connectivity index is 2.65. The van der Waals surface area contributed by atoms with Gasteiger partial charge in [-0.05, 0) is 13.0 Å². The van der Waals surface area contributed by atoms with Crippen molar-refractivity contribution in [3.8, 4) is 0 Å². The van der Waals surface area contributed by atoms with Gasteiger partial charge in [-0.2, -0.15) is 18.3 Å². The van der Waals surface area contributed by atoms with Crippen LogP contribution < -0.4 is 0 Å². The molecular formula is C6H6F3N2. The summed E-state index contributed by atoms with van der Waals surface area (Å²) in [6.07, 6.45) is -2.96. The molecule has 0 aliphatic carbocycles. The Labute approximate surface area is 61.6 Å². The standard InChI is InChI=1S/C6H6F3N2/c1-5-2-3-11(10-5)4-6(7,8)9/h2-3H,1,4H2. The normalized spacial score (nSPS) is 12.0. The average Bonchev–Trinajstić information content (AvgIpc) is 2.10. The second-order valence-electron chi connectivity index (χ2n) is 2.12. The Morgan fingerprint density at radius 2 is 2.18 bits per heavy atom. The monoisotopic (exact) mass is 163 g/mol. The van der Waals surface area contributed by atoms with Gasteiger partial charge in [0.2, 0.25) is 0 Å². The van der Waals surface area contributed by atoms with Gasteiger partial charge in [0.25, 0.3) is 0 Å². The molecule has 11 heavy (non-hydrogen) atoms. The first-order valence-electron chi connectivity index (χ1n) is 2.89. The quantitative estimate of drug-likeness (QED) is 0.615. The molecule has 0 bridgehead atoms. The molecule has 0 N–H and O–H groups in total. The van der Waals surface area contributed by atoms with Crippen molar-refractivity contribution in [2.75, 3.05) is 0 Å². The third-order valence-electron chi connectivity index (χ3n) is 1.04. The van der Waals surface area contributed by atoms with Crippen LogP contribution in [0.15, 0.2) is 12.3 Å². The van der Waals surface area contributed by atoms with Crippen molar-refractivity contribution < 1.29 is 13.2 Å². The van der Waals surface area contributed by atoms with Gasteiger partial charge in [-0.25, -0.2) is 0 Å². The first-order valence-corrected chi connectivity index (χ1v) is 2.89. The summed E-state index contributed by atoms with van der Waals surface area (Å²) in [7, 11) is 0. The lowest BCUT2D eigenvalue weighted by Crippen LogP contribution is -2.17. The minimum atomic E-state index is -4.21. The van der Waals surface area contributed by atoms with E-state index in [0.717, 1.165) is 4.68 Å². The highest BCUT2D eigenvalue weighted by molar-refractivity contribution is 5.01. The number of aromatic nitrogens is 2. The van der Waals surface area contributed by atoms with Crippen LogP contribution in [0.2, 0.25) is 0 Å². The first-order chi connectivity index (χ1) is 4.97. The fourth-order valence-electron chi connectivity index (χ4n) is 0.675. The predicted molar refractivity (Wildman–Crippen MR) is 32.7 cm³/mol. The van der Waals surface area contributed by atoms with E-state index in [0.29, 0.717) is 5.69 Å². The summed E-state index contributed by atoms with van der Waals surface area (Å²) >= 11 is 0. The average molecular weight is 163 g/mol. The predicted octanol–water partition coefficient (Wildman–Crippen LogP) is 1.63. The van der Waals surface area contributed by atoms with Gasteiger partial charge in [0.15, 0.2) is 0 Å². The van der Waals surface area contributed by atoms with E-state index >= 15 is 0 Å². The van der Waals surface area contributed by atoms with Crippen LogP contribution >= 0.6 is 0 Å². The molecule has 0 fully saturated rings. The summed E-state index contributed by atoms with van der Waals surface area (Å²) in [6.45, 7) is 2.32. The Hall–Kier alpha value is -1.00. The second-order valence-corrected chi connectivity index (χ2v) is 2.12. The summed E-state index contributed by atoms with van der Waals surface area (Å²) in [5.74, 6) is 0. The molecule has 0 saturated heterocycles. The zero-order chi connectivity index (χ0) is 8.48. The van der Waals surface area contributed by atoms with E-state index in [1.165, 1.54) is 12.3 Å². The minimum absolute atomic E-state index is 0.342. The highest BCUT2D eigenvalue weighted by Crippen LogP contribution is 2.16. The molecule has 61 valence electrons. The summed E-state index contributed by atoms with van der Waals surface area (Å²) in [6, 6.07) is 1.42. The molecule has 0 amide bonds. The smallest absolute Gasteiger partial charge is 0.263 e. The molecule has 0 atom stereocenters. The molecular weight excluding hydrogens is 157 g/mol. The van der Waals surface area contributed by atoms with Crippen LogP contribution in [-0.4, -0.2) is 16.0 Å². The lowest BCUT2D eigenvalue weighted by atomic mass is 10.5. The molecule has 0 aliphatic heterocycles. The molecule has 2 nitrogen and oxygen atoms in total. The summed E-state index contributed by atoms with van der Waals surface area (Å²) < 4.78 is 35.8. The minimum Gasteiger partial charge on any atom is -0.263 e. The van der Waals surface area contributed by atoms with Crippen molar-refractivity contribution in [2.45, 2.75) is 12.7 Å². The number of halogens is 3. The van der Waals surface area contributed by atoms with E-state index in [2.05, 4.69) is 12.0 Å². The van der Waals surface area contributed by atoms with Gasteiger partial charge in [-0.15, -0.1) is 0 Å². The van der Waals surface area contributed by atoms with Crippen molar-refractivity contribution in [3.05, 3.63) is 24.9 Å². The van der Waals surface area contributed by atoms with E-state index in [1.807, 2.05) is 0 Å². The molecule has 5 heteroatoms. The van der Waals surface area contributed by atoms with Gasteiger partial charge in [0.1, 0.15) is 6.54 Å². The van der Waals surface area contributed by atoms with Crippen LogP contribution in [0.4, 0.5) is 13.2 Å². The highest BCUT2D eigenvalue weighted by atomic mass is 19.4. The number of alkyl halides is 3. The third kappa shape index (κ3) is 2.61. The van der Waals surface area contributed by atoms with E-state index in [-0.39, 0.29) is 0 Å². The van der Waals surface area contributed by atoms with E-state index in [4.69, 9.17) is 0 Å². The van der Waals surface area contributed by atoms with Gasteiger partial charge in [0.05, 0.1) is 5.69 Å². The van der Waals surface area contributed by atoms with Crippen molar-refractivity contribution >= 4 is 0 Å². The summed E-state index contributed by atoms with van der Waals surface area (Å²) in [5, 5.41) is 3.48. The largest absolute Gasteiger partial charge is 0.408 e. The van der Waals surface area contributed by atoms with Crippen LogP contribution in [-0.2, 0) is 6.54 Å². The number of rotatable bonds is 1. The van der Waals surface area contributed by atoms with Gasteiger partial charge in [-0.3, -0.25) is 4.68 Å². The van der Waals surface area contributed by atoms with Crippen LogP contribution in [0.3, 0.4) is 0 Å². The van der Waals surface area contributed by atoms with Crippen molar-refractivity contribution in [1.29, 1.82) is 0 Å². The molecule has 1 aromatic heterocycles. The van der Waals surface area contributed by atoms with Crippen LogP contribution in [0, 0.1) is 6.92 Å². The maximum atomic E-state index is 11.7.